The van der Waals surface area contributed by atoms with Crippen LogP contribution in [0.25, 0.3) is 21.6 Å². The third-order valence-electron chi connectivity index (χ3n) is 3.51. The predicted octanol–water partition coefficient (Wildman–Crippen LogP) is 1.77. The zero-order valence-corrected chi connectivity index (χ0v) is 14.7. The number of amides is 2. The molecular formula is C19H16N4O2S. The second kappa shape index (κ2) is 8.23. The van der Waals surface area contributed by atoms with Crippen LogP contribution in [0.2, 0.25) is 0 Å². The molecule has 0 bridgehead atoms. The number of hydrogen-bond acceptors (Lipinski definition) is 5. The molecule has 0 aliphatic rings. The minimum atomic E-state index is -0.324. The highest BCUT2D eigenvalue weighted by atomic mass is 32.1. The Morgan fingerprint density at radius 3 is 2.62 bits per heavy atom. The van der Waals surface area contributed by atoms with Crippen molar-refractivity contribution in [3.63, 3.8) is 0 Å². The van der Waals surface area contributed by atoms with E-state index in [1.807, 2.05) is 42.5 Å². The fraction of sp³-hybridized carbons (Fsp3) is 0.158. The van der Waals surface area contributed by atoms with Crippen molar-refractivity contribution in [3.8, 4) is 23.6 Å². The Balaban J connectivity index is 1.65. The summed E-state index contributed by atoms with van der Waals surface area (Å²) in [6, 6.07) is 13.7. The summed E-state index contributed by atoms with van der Waals surface area (Å²) in [4.78, 5) is 33.2. The molecule has 3 rings (SSSR count). The maximum absolute atomic E-state index is 12.0. The summed E-state index contributed by atoms with van der Waals surface area (Å²) in [5.74, 6) is 1.70. The lowest BCUT2D eigenvalue weighted by Crippen LogP contribution is -2.37. The van der Waals surface area contributed by atoms with Crippen molar-refractivity contribution in [2.24, 2.45) is 0 Å². The summed E-state index contributed by atoms with van der Waals surface area (Å²) in [6.07, 6.45) is 5.16. The van der Waals surface area contributed by atoms with Crippen molar-refractivity contribution in [1.82, 2.24) is 20.6 Å². The minimum absolute atomic E-state index is 0.101. The first-order chi connectivity index (χ1) is 12.7. The Morgan fingerprint density at radius 2 is 1.85 bits per heavy atom. The molecule has 0 saturated heterocycles. The van der Waals surface area contributed by atoms with E-state index >= 15 is 0 Å². The number of carbonyl (C=O) groups is 2. The number of hydrogen-bond donors (Lipinski definition) is 2. The molecule has 2 amide bonds. The number of benzene rings is 1. The van der Waals surface area contributed by atoms with Gasteiger partial charge in [-0.1, -0.05) is 47.6 Å². The number of nitrogens with zero attached hydrogens (tertiary/aromatic N) is 2. The lowest BCUT2D eigenvalue weighted by atomic mass is 10.1. The van der Waals surface area contributed by atoms with Gasteiger partial charge in [-0.05, 0) is 12.1 Å². The number of terminal acetylenes is 1. The Labute approximate surface area is 154 Å². The summed E-state index contributed by atoms with van der Waals surface area (Å²) in [5.41, 5.74) is 2.65. The van der Waals surface area contributed by atoms with E-state index in [0.29, 0.717) is 5.01 Å². The topological polar surface area (TPSA) is 84.0 Å². The molecule has 3 aromatic rings. The third-order valence-corrected chi connectivity index (χ3v) is 4.48. The third kappa shape index (κ3) is 4.43. The van der Waals surface area contributed by atoms with Gasteiger partial charge in [0.1, 0.15) is 15.4 Å². The number of aromatic nitrogens is 2. The molecule has 0 atom stereocenters. The largest absolute Gasteiger partial charge is 0.347 e. The molecule has 2 heterocycles. The number of fused-ring (bicyclic) bond motifs is 1. The molecule has 0 aliphatic carbocycles. The Morgan fingerprint density at radius 1 is 1.04 bits per heavy atom. The summed E-state index contributed by atoms with van der Waals surface area (Å²) in [6.45, 7) is 0.0316. The minimum Gasteiger partial charge on any atom is -0.347 e. The number of nitrogens with one attached hydrogen (secondary N) is 2. The van der Waals surface area contributed by atoms with Gasteiger partial charge in [-0.15, -0.1) is 6.42 Å². The van der Waals surface area contributed by atoms with Gasteiger partial charge in [0, 0.05) is 5.56 Å². The standard InChI is InChI=1S/C19H16N4O2S/c1-2-10-20-17(25)12-21-16(24)11-18-22-15-9-8-14(23-19(15)26-18)13-6-4-3-5-7-13/h1,3-9H,10-12H2,(H,20,25)(H,21,24). The van der Waals surface area contributed by atoms with Gasteiger partial charge in [-0.25, -0.2) is 9.97 Å². The van der Waals surface area contributed by atoms with Crippen LogP contribution in [0.15, 0.2) is 42.5 Å². The van der Waals surface area contributed by atoms with Crippen LogP contribution in [-0.2, 0) is 16.0 Å². The molecule has 0 fully saturated rings. The second-order valence-electron chi connectivity index (χ2n) is 5.43. The number of rotatable bonds is 6. The molecule has 2 N–H and O–H groups in total. The van der Waals surface area contributed by atoms with E-state index in [9.17, 15) is 9.59 Å². The van der Waals surface area contributed by atoms with Crippen molar-refractivity contribution >= 4 is 33.5 Å². The predicted molar refractivity (Wildman–Crippen MR) is 101 cm³/mol. The first-order valence-corrected chi connectivity index (χ1v) is 8.76. The van der Waals surface area contributed by atoms with Gasteiger partial charge in [0.15, 0.2) is 0 Å². The molecule has 6 nitrogen and oxygen atoms in total. The van der Waals surface area contributed by atoms with E-state index in [0.717, 1.165) is 21.6 Å². The van der Waals surface area contributed by atoms with Crippen LogP contribution in [0, 0.1) is 12.3 Å². The zero-order chi connectivity index (χ0) is 18.4. The van der Waals surface area contributed by atoms with Crippen LogP contribution in [0.4, 0.5) is 0 Å². The van der Waals surface area contributed by atoms with Crippen molar-refractivity contribution in [2.75, 3.05) is 13.1 Å². The summed E-state index contributed by atoms with van der Waals surface area (Å²) >= 11 is 1.37. The highest BCUT2D eigenvalue weighted by Crippen LogP contribution is 2.25. The van der Waals surface area contributed by atoms with Gasteiger partial charge >= 0.3 is 0 Å². The molecule has 1 aromatic carbocycles. The molecule has 0 aliphatic heterocycles. The van der Waals surface area contributed by atoms with Crippen LogP contribution < -0.4 is 10.6 Å². The molecule has 130 valence electrons. The van der Waals surface area contributed by atoms with E-state index in [4.69, 9.17) is 6.42 Å². The normalized spacial score (nSPS) is 10.3. The molecule has 0 saturated carbocycles. The number of thiazole rings is 1. The van der Waals surface area contributed by atoms with Crippen LogP contribution >= 0.6 is 11.3 Å². The highest BCUT2D eigenvalue weighted by Gasteiger charge is 2.12. The van der Waals surface area contributed by atoms with Gasteiger partial charge in [0.25, 0.3) is 0 Å². The van der Waals surface area contributed by atoms with E-state index in [-0.39, 0.29) is 31.3 Å². The van der Waals surface area contributed by atoms with Gasteiger partial charge in [0.05, 0.1) is 25.2 Å². The quantitative estimate of drug-likeness (QED) is 0.653. The summed E-state index contributed by atoms with van der Waals surface area (Å²) in [7, 11) is 0. The van der Waals surface area contributed by atoms with E-state index < -0.39 is 0 Å². The highest BCUT2D eigenvalue weighted by molar-refractivity contribution is 7.18. The fourth-order valence-electron chi connectivity index (χ4n) is 2.30. The molecule has 0 radical (unpaired) electrons. The van der Waals surface area contributed by atoms with E-state index in [1.165, 1.54) is 11.3 Å². The SMILES string of the molecule is C#CCNC(=O)CNC(=O)Cc1nc2ccc(-c3ccccc3)nc2s1. The van der Waals surface area contributed by atoms with E-state index in [1.54, 1.807) is 0 Å². The Bertz CT molecular complexity index is 976. The first-order valence-electron chi connectivity index (χ1n) is 7.94. The molecule has 7 heteroatoms. The lowest BCUT2D eigenvalue weighted by molar-refractivity contribution is -0.125. The summed E-state index contributed by atoms with van der Waals surface area (Å²) < 4.78 is 0. The van der Waals surface area contributed by atoms with Crippen LogP contribution in [-0.4, -0.2) is 34.9 Å². The van der Waals surface area contributed by atoms with Crippen LogP contribution in [0.3, 0.4) is 0 Å². The van der Waals surface area contributed by atoms with E-state index in [2.05, 4.69) is 26.5 Å². The first kappa shape index (κ1) is 17.6. The maximum atomic E-state index is 12.0. The van der Waals surface area contributed by atoms with Gasteiger partial charge in [-0.3, -0.25) is 9.59 Å². The van der Waals surface area contributed by atoms with Crippen molar-refractivity contribution in [3.05, 3.63) is 47.5 Å². The Hall–Kier alpha value is -3.24. The van der Waals surface area contributed by atoms with Gasteiger partial charge in [0.2, 0.25) is 11.8 Å². The fourth-order valence-corrected chi connectivity index (χ4v) is 3.23. The monoisotopic (exact) mass is 364 g/mol. The molecule has 0 unspecified atom stereocenters. The molecule has 0 spiro atoms. The van der Waals surface area contributed by atoms with Crippen LogP contribution in [0.1, 0.15) is 5.01 Å². The number of pyridine rings is 1. The van der Waals surface area contributed by atoms with Crippen molar-refractivity contribution in [2.45, 2.75) is 6.42 Å². The smallest absolute Gasteiger partial charge is 0.240 e. The van der Waals surface area contributed by atoms with Gasteiger partial charge < -0.3 is 10.6 Å². The second-order valence-corrected chi connectivity index (χ2v) is 6.49. The molecule has 2 aromatic heterocycles. The summed E-state index contributed by atoms with van der Waals surface area (Å²) in [5, 5.41) is 5.68. The zero-order valence-electron chi connectivity index (χ0n) is 13.9. The van der Waals surface area contributed by atoms with Crippen molar-refractivity contribution in [1.29, 1.82) is 0 Å². The average molecular weight is 364 g/mol. The van der Waals surface area contributed by atoms with Crippen LogP contribution in [0.5, 0.6) is 0 Å². The molecular weight excluding hydrogens is 348 g/mol. The number of carbonyl (C=O) groups excluding carboxylic acids is 2. The van der Waals surface area contributed by atoms with Gasteiger partial charge in [-0.2, -0.15) is 0 Å². The maximum Gasteiger partial charge on any atom is 0.240 e. The Kier molecular flexibility index (Phi) is 5.56. The van der Waals surface area contributed by atoms with Crippen molar-refractivity contribution < 1.29 is 9.59 Å². The lowest BCUT2D eigenvalue weighted by Gasteiger charge is -2.03. The average Bonchev–Trinajstić information content (AvgIpc) is 3.06. The molecule has 26 heavy (non-hydrogen) atoms.